The molecule has 0 saturated carbocycles. The molecular weight excluding hydrogens is 364 g/mol. The third-order valence-corrected chi connectivity index (χ3v) is 4.22. The lowest BCUT2D eigenvalue weighted by Gasteiger charge is -2.08. The Hall–Kier alpha value is -3.48. The largest absolute Gasteiger partial charge is 0.490 e. The van der Waals surface area contributed by atoms with Crippen LogP contribution in [-0.4, -0.2) is 38.4 Å². The van der Waals surface area contributed by atoms with Crippen LogP contribution in [0.4, 0.5) is 0 Å². The van der Waals surface area contributed by atoms with Crippen LogP contribution >= 0.6 is 0 Å². The third-order valence-electron chi connectivity index (χ3n) is 4.22. The number of fused-ring (bicyclic) bond motifs is 2. The first-order valence-corrected chi connectivity index (χ1v) is 8.86. The summed E-state index contributed by atoms with van der Waals surface area (Å²) in [5.41, 5.74) is 1.16. The number of ketones is 1. The van der Waals surface area contributed by atoms with Crippen molar-refractivity contribution < 1.29 is 33.3 Å². The molecule has 2 heterocycles. The number of benzene rings is 2. The van der Waals surface area contributed by atoms with Crippen LogP contribution in [0.3, 0.4) is 0 Å². The molecule has 7 nitrogen and oxygen atoms in total. The number of carbonyl (C=O) groups is 2. The Morgan fingerprint density at radius 2 is 1.61 bits per heavy atom. The number of rotatable bonds is 5. The van der Waals surface area contributed by atoms with Crippen LogP contribution in [0.5, 0.6) is 23.0 Å². The molecule has 0 bridgehead atoms. The predicted octanol–water partition coefficient (Wildman–Crippen LogP) is 3.02. The molecule has 2 aliphatic heterocycles. The summed E-state index contributed by atoms with van der Waals surface area (Å²) in [6, 6.07) is 10.2. The molecule has 2 aromatic rings. The van der Waals surface area contributed by atoms with Crippen molar-refractivity contribution in [3.05, 3.63) is 53.6 Å². The van der Waals surface area contributed by atoms with Gasteiger partial charge >= 0.3 is 5.97 Å². The quantitative estimate of drug-likeness (QED) is 0.447. The Labute approximate surface area is 161 Å². The van der Waals surface area contributed by atoms with Crippen LogP contribution in [0.15, 0.2) is 42.5 Å². The van der Waals surface area contributed by atoms with Crippen LogP contribution in [0.25, 0.3) is 6.08 Å². The van der Waals surface area contributed by atoms with E-state index in [0.717, 1.165) is 12.0 Å². The second kappa shape index (κ2) is 8.04. The summed E-state index contributed by atoms with van der Waals surface area (Å²) in [5, 5.41) is 0. The first-order valence-electron chi connectivity index (χ1n) is 8.86. The first-order chi connectivity index (χ1) is 13.7. The molecule has 0 saturated heterocycles. The Kier molecular flexibility index (Phi) is 5.14. The van der Waals surface area contributed by atoms with Gasteiger partial charge in [-0.05, 0) is 42.0 Å². The van der Waals surface area contributed by atoms with Gasteiger partial charge in [-0.2, -0.15) is 0 Å². The molecule has 0 radical (unpaired) electrons. The molecule has 0 atom stereocenters. The molecule has 144 valence electrons. The summed E-state index contributed by atoms with van der Waals surface area (Å²) in [4.78, 5) is 24.2. The molecule has 0 unspecified atom stereocenters. The van der Waals surface area contributed by atoms with Gasteiger partial charge in [0.1, 0.15) is 0 Å². The normalized spacial score (nSPS) is 14.6. The van der Waals surface area contributed by atoms with Gasteiger partial charge in [-0.3, -0.25) is 4.79 Å². The molecule has 0 amide bonds. The second-order valence-corrected chi connectivity index (χ2v) is 6.19. The standard InChI is InChI=1S/C21H18O7/c22-16(15-4-6-17-20(11-15)25-9-1-8-24-17)12-26-21(23)7-3-14-2-5-18-19(10-14)28-13-27-18/h2-7,10-11H,1,8-9,12-13H2/b7-3+. The molecule has 0 N–H and O–H groups in total. The van der Waals surface area contributed by atoms with Crippen molar-refractivity contribution in [3.8, 4) is 23.0 Å². The van der Waals surface area contributed by atoms with Crippen LogP contribution in [0.1, 0.15) is 22.3 Å². The van der Waals surface area contributed by atoms with E-state index >= 15 is 0 Å². The van der Waals surface area contributed by atoms with Crippen LogP contribution < -0.4 is 18.9 Å². The lowest BCUT2D eigenvalue weighted by atomic mass is 10.1. The zero-order valence-electron chi connectivity index (χ0n) is 15.0. The van der Waals surface area contributed by atoms with Gasteiger partial charge in [0, 0.05) is 18.1 Å². The zero-order chi connectivity index (χ0) is 19.3. The SMILES string of the molecule is O=C(/C=C/c1ccc2c(c1)OCO2)OCC(=O)c1ccc2c(c1)OCCCO2. The van der Waals surface area contributed by atoms with Crippen molar-refractivity contribution in [1.82, 2.24) is 0 Å². The predicted molar refractivity (Wildman–Crippen MR) is 98.9 cm³/mol. The minimum atomic E-state index is -0.611. The topological polar surface area (TPSA) is 80.3 Å². The van der Waals surface area contributed by atoms with Gasteiger partial charge in [-0.15, -0.1) is 0 Å². The highest BCUT2D eigenvalue weighted by Gasteiger charge is 2.15. The van der Waals surface area contributed by atoms with E-state index in [2.05, 4.69) is 0 Å². The number of hydrogen-bond acceptors (Lipinski definition) is 7. The molecule has 0 aromatic heterocycles. The van der Waals surface area contributed by atoms with Gasteiger partial charge in [-0.25, -0.2) is 4.79 Å². The van der Waals surface area contributed by atoms with E-state index in [0.29, 0.717) is 41.8 Å². The molecule has 0 spiro atoms. The lowest BCUT2D eigenvalue weighted by Crippen LogP contribution is -2.12. The van der Waals surface area contributed by atoms with Gasteiger partial charge in [0.15, 0.2) is 35.4 Å². The monoisotopic (exact) mass is 382 g/mol. The maximum atomic E-state index is 12.3. The highest BCUT2D eigenvalue weighted by atomic mass is 16.7. The molecule has 0 fully saturated rings. The molecule has 2 aromatic carbocycles. The van der Waals surface area contributed by atoms with Gasteiger partial charge in [-0.1, -0.05) is 6.07 Å². The van der Waals surface area contributed by atoms with Crippen LogP contribution in [-0.2, 0) is 9.53 Å². The Balaban J connectivity index is 1.33. The van der Waals surface area contributed by atoms with Crippen molar-refractivity contribution in [2.24, 2.45) is 0 Å². The summed E-state index contributed by atoms with van der Waals surface area (Å²) in [6.45, 7) is 0.939. The summed E-state index contributed by atoms with van der Waals surface area (Å²) in [6.07, 6.45) is 3.63. The van der Waals surface area contributed by atoms with E-state index in [1.54, 1.807) is 42.5 Å². The van der Waals surface area contributed by atoms with E-state index in [4.69, 9.17) is 23.7 Å². The number of esters is 1. The first kappa shape index (κ1) is 17.9. The molecule has 2 aliphatic rings. The Bertz CT molecular complexity index is 932. The fourth-order valence-electron chi connectivity index (χ4n) is 2.79. The van der Waals surface area contributed by atoms with Crippen LogP contribution in [0, 0.1) is 0 Å². The number of hydrogen-bond donors (Lipinski definition) is 0. The maximum Gasteiger partial charge on any atom is 0.331 e. The average molecular weight is 382 g/mol. The van der Waals surface area contributed by atoms with Crippen molar-refractivity contribution in [3.63, 3.8) is 0 Å². The second-order valence-electron chi connectivity index (χ2n) is 6.19. The van der Waals surface area contributed by atoms with Gasteiger partial charge in [0.2, 0.25) is 6.79 Å². The summed E-state index contributed by atoms with van der Waals surface area (Å²) < 4.78 is 26.7. The fraction of sp³-hybridized carbons (Fsp3) is 0.238. The highest BCUT2D eigenvalue weighted by Crippen LogP contribution is 2.33. The van der Waals surface area contributed by atoms with E-state index < -0.39 is 5.97 Å². The van der Waals surface area contributed by atoms with E-state index in [-0.39, 0.29) is 19.2 Å². The van der Waals surface area contributed by atoms with Crippen molar-refractivity contribution in [2.45, 2.75) is 6.42 Å². The molecule has 0 aliphatic carbocycles. The van der Waals surface area contributed by atoms with E-state index in [9.17, 15) is 9.59 Å². The zero-order valence-corrected chi connectivity index (χ0v) is 15.0. The minimum absolute atomic E-state index is 0.187. The van der Waals surface area contributed by atoms with Crippen LogP contribution in [0.2, 0.25) is 0 Å². The lowest BCUT2D eigenvalue weighted by molar-refractivity contribution is -0.136. The third kappa shape index (κ3) is 4.09. The van der Waals surface area contributed by atoms with Gasteiger partial charge < -0.3 is 23.7 Å². The van der Waals surface area contributed by atoms with E-state index in [1.165, 1.54) is 6.08 Å². The smallest absolute Gasteiger partial charge is 0.331 e. The fourth-order valence-corrected chi connectivity index (χ4v) is 2.79. The number of Topliss-reactive ketones (excluding diaryl/α,β-unsaturated/α-hetero) is 1. The van der Waals surface area contributed by atoms with Gasteiger partial charge in [0.25, 0.3) is 0 Å². The van der Waals surface area contributed by atoms with Crippen molar-refractivity contribution in [2.75, 3.05) is 26.6 Å². The minimum Gasteiger partial charge on any atom is -0.490 e. The molecule has 28 heavy (non-hydrogen) atoms. The number of carbonyl (C=O) groups excluding carboxylic acids is 2. The average Bonchev–Trinajstić information content (AvgIpc) is 3.06. The molecule has 4 rings (SSSR count). The van der Waals surface area contributed by atoms with E-state index in [1.807, 2.05) is 0 Å². The number of ether oxygens (including phenoxy) is 5. The summed E-state index contributed by atoms with van der Waals surface area (Å²) in [7, 11) is 0. The maximum absolute atomic E-state index is 12.3. The Morgan fingerprint density at radius 3 is 2.50 bits per heavy atom. The highest BCUT2D eigenvalue weighted by molar-refractivity contribution is 5.99. The summed E-state index contributed by atoms with van der Waals surface area (Å²) in [5.74, 6) is 1.50. The summed E-state index contributed by atoms with van der Waals surface area (Å²) >= 11 is 0. The van der Waals surface area contributed by atoms with Crippen molar-refractivity contribution in [1.29, 1.82) is 0 Å². The molecular formula is C21H18O7. The van der Waals surface area contributed by atoms with Gasteiger partial charge in [0.05, 0.1) is 13.2 Å². The Morgan fingerprint density at radius 1 is 0.893 bits per heavy atom. The van der Waals surface area contributed by atoms with Crippen molar-refractivity contribution >= 4 is 17.8 Å². The molecule has 7 heteroatoms.